The average molecular weight is 325 g/mol. The van der Waals surface area contributed by atoms with Crippen LogP contribution in [0.5, 0.6) is 0 Å². The number of hydrogen-bond acceptors (Lipinski definition) is 4. The van der Waals surface area contributed by atoms with E-state index >= 15 is 0 Å². The Morgan fingerprint density at radius 3 is 2.68 bits per heavy atom. The van der Waals surface area contributed by atoms with Gasteiger partial charge in [-0.3, -0.25) is 9.69 Å². The van der Waals surface area contributed by atoms with Crippen LogP contribution in [0.4, 0.5) is 0 Å². The minimum Gasteiger partial charge on any atom is -0.368 e. The zero-order chi connectivity index (χ0) is 16.2. The number of nitrogens with two attached hydrogens (primary N) is 1. The Labute approximate surface area is 131 Å². The van der Waals surface area contributed by atoms with Crippen molar-refractivity contribution >= 4 is 15.9 Å². The summed E-state index contributed by atoms with van der Waals surface area (Å²) in [7, 11) is -3.19. The normalized spacial score (nSPS) is 21.4. The van der Waals surface area contributed by atoms with Crippen molar-refractivity contribution in [2.75, 3.05) is 25.9 Å². The summed E-state index contributed by atoms with van der Waals surface area (Å²) in [5, 5.41) is 0. The summed E-state index contributed by atoms with van der Waals surface area (Å²) in [6.45, 7) is 1.85. The first kappa shape index (κ1) is 16.9. The molecule has 1 aromatic carbocycles. The van der Waals surface area contributed by atoms with Crippen molar-refractivity contribution in [3.05, 3.63) is 35.9 Å². The average Bonchev–Trinajstić information content (AvgIpc) is 2.46. The highest BCUT2D eigenvalue weighted by atomic mass is 32.2. The van der Waals surface area contributed by atoms with Crippen LogP contribution >= 0.6 is 0 Å². The Kier molecular flexibility index (Phi) is 5.55. The fraction of sp³-hybridized carbons (Fsp3) is 0.533. The second kappa shape index (κ2) is 7.21. The van der Waals surface area contributed by atoms with Crippen molar-refractivity contribution in [2.24, 2.45) is 11.7 Å². The molecule has 122 valence electrons. The fourth-order valence-electron chi connectivity index (χ4n) is 2.96. The summed E-state index contributed by atoms with van der Waals surface area (Å²) >= 11 is 0. The Bertz CT molecular complexity index is 604. The first-order valence-corrected chi connectivity index (χ1v) is 9.29. The number of likely N-dealkylation sites (tertiary alicyclic amines) is 1. The maximum atomic E-state index is 11.9. The molecule has 0 radical (unpaired) electrons. The highest BCUT2D eigenvalue weighted by molar-refractivity contribution is 7.88. The van der Waals surface area contributed by atoms with E-state index in [-0.39, 0.29) is 11.8 Å². The van der Waals surface area contributed by atoms with Gasteiger partial charge in [-0.1, -0.05) is 30.3 Å². The van der Waals surface area contributed by atoms with Gasteiger partial charge in [0.15, 0.2) is 0 Å². The van der Waals surface area contributed by atoms with Gasteiger partial charge in [0.1, 0.15) is 6.04 Å². The van der Waals surface area contributed by atoms with Gasteiger partial charge in [-0.2, -0.15) is 0 Å². The number of piperidine rings is 1. The summed E-state index contributed by atoms with van der Waals surface area (Å²) in [5.41, 5.74) is 6.48. The summed E-state index contributed by atoms with van der Waals surface area (Å²) in [6.07, 6.45) is 3.02. The van der Waals surface area contributed by atoms with E-state index in [2.05, 4.69) is 9.62 Å². The van der Waals surface area contributed by atoms with Gasteiger partial charge < -0.3 is 5.73 Å². The molecule has 2 atom stereocenters. The highest BCUT2D eigenvalue weighted by Crippen LogP contribution is 2.26. The van der Waals surface area contributed by atoms with E-state index in [0.29, 0.717) is 13.1 Å². The van der Waals surface area contributed by atoms with Gasteiger partial charge in [0.2, 0.25) is 15.9 Å². The molecule has 2 rings (SSSR count). The lowest BCUT2D eigenvalue weighted by Crippen LogP contribution is -2.46. The van der Waals surface area contributed by atoms with Crippen LogP contribution in [-0.2, 0) is 14.8 Å². The third-order valence-corrected chi connectivity index (χ3v) is 4.63. The van der Waals surface area contributed by atoms with Crippen molar-refractivity contribution in [2.45, 2.75) is 18.9 Å². The largest absolute Gasteiger partial charge is 0.368 e. The molecule has 1 aromatic rings. The van der Waals surface area contributed by atoms with E-state index in [0.717, 1.165) is 31.2 Å². The molecule has 0 aliphatic carbocycles. The molecule has 2 unspecified atom stereocenters. The lowest BCUT2D eigenvalue weighted by atomic mass is 9.94. The smallest absolute Gasteiger partial charge is 0.239 e. The van der Waals surface area contributed by atoms with Crippen LogP contribution < -0.4 is 10.5 Å². The maximum Gasteiger partial charge on any atom is 0.239 e. The molecule has 0 bridgehead atoms. The Morgan fingerprint density at radius 1 is 1.41 bits per heavy atom. The molecule has 7 heteroatoms. The van der Waals surface area contributed by atoms with Crippen molar-refractivity contribution in [1.82, 2.24) is 9.62 Å². The topological polar surface area (TPSA) is 92.5 Å². The number of benzene rings is 1. The number of carbonyl (C=O) groups excluding carboxylic acids is 1. The number of amides is 1. The standard InChI is InChI=1S/C15H23N3O3S/c1-22(20,21)17-10-12-6-5-9-18(11-12)14(15(16)19)13-7-3-2-4-8-13/h2-4,7-8,12,14,17H,5-6,9-11H2,1H3,(H2,16,19). The lowest BCUT2D eigenvalue weighted by molar-refractivity contribution is -0.124. The van der Waals surface area contributed by atoms with Gasteiger partial charge in [-0.25, -0.2) is 13.1 Å². The van der Waals surface area contributed by atoms with Gasteiger partial charge >= 0.3 is 0 Å². The van der Waals surface area contributed by atoms with Gasteiger partial charge in [-0.15, -0.1) is 0 Å². The Hall–Kier alpha value is -1.44. The predicted molar refractivity (Wildman–Crippen MR) is 85.5 cm³/mol. The van der Waals surface area contributed by atoms with Crippen molar-refractivity contribution in [1.29, 1.82) is 0 Å². The van der Waals surface area contributed by atoms with Crippen molar-refractivity contribution < 1.29 is 13.2 Å². The van der Waals surface area contributed by atoms with Gasteiger partial charge in [0, 0.05) is 13.1 Å². The van der Waals surface area contributed by atoms with Crippen LogP contribution in [0.15, 0.2) is 30.3 Å². The summed E-state index contributed by atoms with van der Waals surface area (Å²) < 4.78 is 25.0. The number of hydrogen-bond donors (Lipinski definition) is 2. The van der Waals surface area contributed by atoms with Crippen LogP contribution in [0.3, 0.4) is 0 Å². The number of nitrogens with zero attached hydrogens (tertiary/aromatic N) is 1. The monoisotopic (exact) mass is 325 g/mol. The van der Waals surface area contributed by atoms with Crippen LogP contribution in [0.2, 0.25) is 0 Å². The molecule has 0 saturated carbocycles. The molecule has 1 saturated heterocycles. The van der Waals surface area contributed by atoms with Gasteiger partial charge in [0.25, 0.3) is 0 Å². The number of carbonyl (C=O) groups is 1. The van der Waals surface area contributed by atoms with Crippen LogP contribution in [-0.4, -0.2) is 45.1 Å². The first-order chi connectivity index (χ1) is 10.4. The van der Waals surface area contributed by atoms with Crippen molar-refractivity contribution in [3.8, 4) is 0 Å². The van der Waals surface area contributed by atoms with E-state index in [1.807, 2.05) is 30.3 Å². The van der Waals surface area contributed by atoms with Gasteiger partial charge in [-0.05, 0) is 30.9 Å². The Morgan fingerprint density at radius 2 is 2.09 bits per heavy atom. The molecular weight excluding hydrogens is 302 g/mol. The van der Waals surface area contributed by atoms with Crippen molar-refractivity contribution in [3.63, 3.8) is 0 Å². The minimum absolute atomic E-state index is 0.189. The minimum atomic E-state index is -3.19. The van der Waals surface area contributed by atoms with Crippen LogP contribution in [0.1, 0.15) is 24.4 Å². The van der Waals surface area contributed by atoms with Crippen LogP contribution in [0, 0.1) is 5.92 Å². The number of rotatable bonds is 6. The van der Waals surface area contributed by atoms with E-state index in [1.54, 1.807) is 0 Å². The molecule has 22 heavy (non-hydrogen) atoms. The molecule has 1 aliphatic rings. The SMILES string of the molecule is CS(=O)(=O)NCC1CCCN(C(C(N)=O)c2ccccc2)C1. The first-order valence-electron chi connectivity index (χ1n) is 7.40. The van der Waals surface area contributed by atoms with E-state index in [1.165, 1.54) is 0 Å². The summed E-state index contributed by atoms with van der Waals surface area (Å²) in [5.74, 6) is -0.183. The third-order valence-electron chi connectivity index (χ3n) is 3.93. The molecule has 1 amide bonds. The van der Waals surface area contributed by atoms with E-state index < -0.39 is 16.1 Å². The summed E-state index contributed by atoms with van der Waals surface area (Å²) in [4.78, 5) is 13.9. The maximum absolute atomic E-state index is 11.9. The fourth-order valence-corrected chi connectivity index (χ4v) is 3.50. The summed E-state index contributed by atoms with van der Waals surface area (Å²) in [6, 6.07) is 9.01. The number of primary amides is 1. The molecule has 0 aromatic heterocycles. The second-order valence-corrected chi connectivity index (χ2v) is 7.67. The predicted octanol–water partition coefficient (Wildman–Crippen LogP) is 0.474. The number of nitrogens with one attached hydrogen (secondary N) is 1. The molecule has 1 fully saturated rings. The molecule has 3 N–H and O–H groups in total. The molecule has 1 heterocycles. The molecule has 6 nitrogen and oxygen atoms in total. The highest BCUT2D eigenvalue weighted by Gasteiger charge is 2.30. The zero-order valence-corrected chi connectivity index (χ0v) is 13.6. The van der Waals surface area contributed by atoms with Gasteiger partial charge in [0.05, 0.1) is 6.26 Å². The van der Waals surface area contributed by atoms with Crippen LogP contribution in [0.25, 0.3) is 0 Å². The third kappa shape index (κ3) is 4.79. The molecule has 0 spiro atoms. The molecular formula is C15H23N3O3S. The van der Waals surface area contributed by atoms with E-state index in [4.69, 9.17) is 5.73 Å². The zero-order valence-electron chi connectivity index (χ0n) is 12.7. The van der Waals surface area contributed by atoms with E-state index in [9.17, 15) is 13.2 Å². The molecule has 1 aliphatic heterocycles. The quantitative estimate of drug-likeness (QED) is 0.795. The second-order valence-electron chi connectivity index (χ2n) is 5.84. The Balaban J connectivity index is 2.07. The lowest BCUT2D eigenvalue weighted by Gasteiger charge is -2.37. The number of sulfonamides is 1.